The maximum absolute atomic E-state index is 5.91. The zero-order valence-electron chi connectivity index (χ0n) is 11.6. The molecule has 4 N–H and O–H groups in total. The molecule has 0 amide bonds. The zero-order valence-corrected chi connectivity index (χ0v) is 11.6. The largest absolute Gasteiger partial charge is 0.383 e. The summed E-state index contributed by atoms with van der Waals surface area (Å²) in [7, 11) is 0. The van der Waals surface area contributed by atoms with E-state index < -0.39 is 0 Å². The third-order valence-corrected chi connectivity index (χ3v) is 3.36. The van der Waals surface area contributed by atoms with E-state index in [4.69, 9.17) is 11.5 Å². The van der Waals surface area contributed by atoms with Crippen LogP contribution in [-0.4, -0.2) is 14.5 Å². The fraction of sp³-hybridized carbons (Fsp3) is 0.200. The monoisotopic (exact) mass is 267 g/mol. The van der Waals surface area contributed by atoms with Crippen molar-refractivity contribution in [2.45, 2.75) is 20.4 Å². The third-order valence-electron chi connectivity index (χ3n) is 3.36. The zero-order chi connectivity index (χ0) is 14.3. The molecule has 1 aromatic carbocycles. The summed E-state index contributed by atoms with van der Waals surface area (Å²) >= 11 is 0. The van der Waals surface area contributed by atoms with Gasteiger partial charge in [-0.1, -0.05) is 11.6 Å². The SMILES string of the molecule is CC(C)=CCn1ccc2c3nc(N)nc(N)c3ccc21. The molecule has 0 unspecified atom stereocenters. The Morgan fingerprint density at radius 3 is 2.70 bits per heavy atom. The van der Waals surface area contributed by atoms with Crippen LogP contribution in [0.2, 0.25) is 0 Å². The van der Waals surface area contributed by atoms with Crippen molar-refractivity contribution >= 4 is 33.6 Å². The van der Waals surface area contributed by atoms with Crippen LogP contribution in [0.15, 0.2) is 36.0 Å². The molecule has 3 rings (SSSR count). The molecule has 102 valence electrons. The minimum atomic E-state index is 0.208. The predicted molar refractivity (Wildman–Crippen MR) is 83.3 cm³/mol. The lowest BCUT2D eigenvalue weighted by Gasteiger charge is -2.06. The highest BCUT2D eigenvalue weighted by Crippen LogP contribution is 2.28. The van der Waals surface area contributed by atoms with Gasteiger partial charge < -0.3 is 16.0 Å². The van der Waals surface area contributed by atoms with E-state index >= 15 is 0 Å². The highest BCUT2D eigenvalue weighted by Gasteiger charge is 2.09. The minimum Gasteiger partial charge on any atom is -0.383 e. The number of anilines is 2. The number of hydrogen-bond acceptors (Lipinski definition) is 4. The van der Waals surface area contributed by atoms with E-state index in [0.717, 1.165) is 28.4 Å². The Kier molecular flexibility index (Phi) is 2.82. The molecule has 5 nitrogen and oxygen atoms in total. The molecular formula is C15H17N5. The Morgan fingerprint density at radius 2 is 1.95 bits per heavy atom. The summed E-state index contributed by atoms with van der Waals surface area (Å²) in [6, 6.07) is 6.04. The van der Waals surface area contributed by atoms with Gasteiger partial charge in [-0.05, 0) is 32.0 Å². The second-order valence-electron chi connectivity index (χ2n) is 5.11. The van der Waals surface area contributed by atoms with E-state index in [-0.39, 0.29) is 5.95 Å². The number of fused-ring (bicyclic) bond motifs is 3. The van der Waals surface area contributed by atoms with Gasteiger partial charge in [0.2, 0.25) is 5.95 Å². The summed E-state index contributed by atoms with van der Waals surface area (Å²) in [6.07, 6.45) is 4.24. The first-order chi connectivity index (χ1) is 9.56. The van der Waals surface area contributed by atoms with Gasteiger partial charge in [0.15, 0.2) is 0 Å². The first-order valence-corrected chi connectivity index (χ1v) is 6.50. The van der Waals surface area contributed by atoms with E-state index in [1.165, 1.54) is 5.57 Å². The van der Waals surface area contributed by atoms with Crippen LogP contribution in [0.5, 0.6) is 0 Å². The highest BCUT2D eigenvalue weighted by atomic mass is 15.0. The van der Waals surface area contributed by atoms with Crippen molar-refractivity contribution in [3.63, 3.8) is 0 Å². The first-order valence-electron chi connectivity index (χ1n) is 6.50. The molecule has 0 aliphatic rings. The number of benzene rings is 1. The summed E-state index contributed by atoms with van der Waals surface area (Å²) in [6.45, 7) is 5.03. The van der Waals surface area contributed by atoms with Gasteiger partial charge in [0.25, 0.3) is 0 Å². The Labute approximate surface area is 116 Å². The molecule has 0 aliphatic heterocycles. The van der Waals surface area contributed by atoms with E-state index in [1.54, 1.807) is 0 Å². The Bertz CT molecular complexity index is 825. The van der Waals surface area contributed by atoms with Crippen molar-refractivity contribution in [3.05, 3.63) is 36.0 Å². The number of nitrogens with two attached hydrogens (primary N) is 2. The topological polar surface area (TPSA) is 82.8 Å². The van der Waals surface area contributed by atoms with Crippen LogP contribution in [0, 0.1) is 0 Å². The van der Waals surface area contributed by atoms with Crippen LogP contribution < -0.4 is 11.5 Å². The maximum Gasteiger partial charge on any atom is 0.222 e. The van der Waals surface area contributed by atoms with Crippen molar-refractivity contribution in [3.8, 4) is 0 Å². The molecule has 5 heteroatoms. The quantitative estimate of drug-likeness (QED) is 0.699. The standard InChI is InChI=1S/C15H17N5/c1-9(2)5-7-20-8-6-10-12(20)4-3-11-13(10)18-15(17)19-14(11)16/h3-6,8H,7H2,1-2H3,(H4,16,17,18,19). The summed E-state index contributed by atoms with van der Waals surface area (Å²) in [5, 5.41) is 1.89. The molecule has 2 aromatic heterocycles. The van der Waals surface area contributed by atoms with Crippen LogP contribution in [0.4, 0.5) is 11.8 Å². The smallest absolute Gasteiger partial charge is 0.222 e. The van der Waals surface area contributed by atoms with Crippen LogP contribution in [0.3, 0.4) is 0 Å². The summed E-state index contributed by atoms with van der Waals surface area (Å²) in [5.41, 5.74) is 14.8. The van der Waals surface area contributed by atoms with E-state index in [9.17, 15) is 0 Å². The molecule has 0 aliphatic carbocycles. The number of allylic oxidation sites excluding steroid dienone is 2. The van der Waals surface area contributed by atoms with Crippen molar-refractivity contribution in [1.82, 2.24) is 14.5 Å². The Hall–Kier alpha value is -2.56. The first kappa shape index (κ1) is 12.5. The van der Waals surface area contributed by atoms with Gasteiger partial charge in [-0.3, -0.25) is 0 Å². The fourth-order valence-corrected chi connectivity index (χ4v) is 2.35. The van der Waals surface area contributed by atoms with Crippen molar-refractivity contribution in [2.75, 3.05) is 11.5 Å². The lowest BCUT2D eigenvalue weighted by molar-refractivity contribution is 0.856. The van der Waals surface area contributed by atoms with Crippen molar-refractivity contribution in [2.24, 2.45) is 0 Å². The van der Waals surface area contributed by atoms with Gasteiger partial charge in [-0.15, -0.1) is 0 Å². The lowest BCUT2D eigenvalue weighted by atomic mass is 10.1. The highest BCUT2D eigenvalue weighted by molar-refractivity contribution is 6.07. The second-order valence-corrected chi connectivity index (χ2v) is 5.11. The minimum absolute atomic E-state index is 0.208. The van der Waals surface area contributed by atoms with Gasteiger partial charge in [0, 0.05) is 23.5 Å². The molecule has 0 atom stereocenters. The van der Waals surface area contributed by atoms with Crippen LogP contribution in [-0.2, 0) is 6.54 Å². The van der Waals surface area contributed by atoms with Crippen LogP contribution in [0.25, 0.3) is 21.8 Å². The van der Waals surface area contributed by atoms with Crippen LogP contribution in [0.1, 0.15) is 13.8 Å². The normalized spacial score (nSPS) is 11.1. The average Bonchev–Trinajstić information content (AvgIpc) is 2.79. The maximum atomic E-state index is 5.91. The molecule has 0 saturated carbocycles. The van der Waals surface area contributed by atoms with Crippen LogP contribution >= 0.6 is 0 Å². The predicted octanol–water partition coefficient (Wildman–Crippen LogP) is 2.72. The van der Waals surface area contributed by atoms with E-state index in [0.29, 0.717) is 5.82 Å². The van der Waals surface area contributed by atoms with Gasteiger partial charge in [-0.25, -0.2) is 4.98 Å². The van der Waals surface area contributed by atoms with Gasteiger partial charge in [-0.2, -0.15) is 4.98 Å². The summed E-state index contributed by atoms with van der Waals surface area (Å²) in [4.78, 5) is 8.33. The fourth-order valence-electron chi connectivity index (χ4n) is 2.35. The molecule has 0 radical (unpaired) electrons. The number of nitrogen functional groups attached to an aromatic ring is 2. The summed E-state index contributed by atoms with van der Waals surface area (Å²) in [5.74, 6) is 0.631. The molecule has 0 bridgehead atoms. The van der Waals surface area contributed by atoms with Gasteiger partial charge in [0.05, 0.1) is 11.0 Å². The summed E-state index contributed by atoms with van der Waals surface area (Å²) < 4.78 is 2.18. The number of hydrogen-bond donors (Lipinski definition) is 2. The molecule has 3 aromatic rings. The number of rotatable bonds is 2. The van der Waals surface area contributed by atoms with E-state index in [2.05, 4.69) is 40.7 Å². The number of aromatic nitrogens is 3. The Morgan fingerprint density at radius 1 is 1.15 bits per heavy atom. The molecule has 0 fully saturated rings. The van der Waals surface area contributed by atoms with Crippen molar-refractivity contribution < 1.29 is 0 Å². The molecule has 0 spiro atoms. The van der Waals surface area contributed by atoms with E-state index in [1.807, 2.05) is 18.2 Å². The average molecular weight is 267 g/mol. The molecule has 2 heterocycles. The molecular weight excluding hydrogens is 250 g/mol. The third kappa shape index (κ3) is 1.97. The molecule has 0 saturated heterocycles. The van der Waals surface area contributed by atoms with Gasteiger partial charge in [0.1, 0.15) is 5.82 Å². The second kappa shape index (κ2) is 4.52. The van der Waals surface area contributed by atoms with Crippen molar-refractivity contribution in [1.29, 1.82) is 0 Å². The molecule has 20 heavy (non-hydrogen) atoms. The van der Waals surface area contributed by atoms with Gasteiger partial charge >= 0.3 is 0 Å². The Balaban J connectivity index is 2.26. The number of nitrogens with zero attached hydrogens (tertiary/aromatic N) is 3. The lowest BCUT2D eigenvalue weighted by Crippen LogP contribution is -2.01.